The molecule has 0 saturated heterocycles. The molecular formula is C12H8ClF3N2. The molecule has 2 aromatic rings. The fraction of sp³-hybridized carbons (Fsp3) is 0.167. The molecule has 0 bridgehead atoms. The van der Waals surface area contributed by atoms with Gasteiger partial charge in [0.15, 0.2) is 16.8 Å². The van der Waals surface area contributed by atoms with E-state index in [9.17, 15) is 13.2 Å². The molecule has 0 amide bonds. The topological polar surface area (TPSA) is 25.8 Å². The molecule has 6 heteroatoms. The Labute approximate surface area is 106 Å². The number of aromatic nitrogens is 2. The number of nitrogens with zero attached hydrogens (tertiary/aromatic N) is 2. The Balaban J connectivity index is 2.70. The van der Waals surface area contributed by atoms with E-state index in [-0.39, 0.29) is 16.4 Å². The zero-order valence-electron chi connectivity index (χ0n) is 9.56. The minimum Gasteiger partial charge on any atom is -0.206 e. The highest BCUT2D eigenvalue weighted by atomic mass is 35.5. The van der Waals surface area contributed by atoms with Crippen molar-refractivity contribution >= 4 is 11.6 Å². The number of hydrogen-bond acceptors (Lipinski definition) is 2. The first-order valence-corrected chi connectivity index (χ1v) is 5.44. The summed E-state index contributed by atoms with van der Waals surface area (Å²) in [4.78, 5) is 0. The molecule has 0 spiro atoms. The van der Waals surface area contributed by atoms with Gasteiger partial charge in [-0.1, -0.05) is 11.6 Å². The Hall–Kier alpha value is -1.62. The van der Waals surface area contributed by atoms with Crippen molar-refractivity contribution in [3.05, 3.63) is 45.9 Å². The molecule has 0 N–H and O–H groups in total. The molecule has 1 aromatic carbocycles. The molecule has 0 radical (unpaired) electrons. The van der Waals surface area contributed by atoms with Gasteiger partial charge in [0.05, 0.1) is 5.69 Å². The highest BCUT2D eigenvalue weighted by Crippen LogP contribution is 2.29. The van der Waals surface area contributed by atoms with Crippen molar-refractivity contribution in [2.45, 2.75) is 13.8 Å². The highest BCUT2D eigenvalue weighted by molar-refractivity contribution is 6.30. The summed E-state index contributed by atoms with van der Waals surface area (Å²) >= 11 is 5.77. The Morgan fingerprint density at radius 1 is 0.889 bits per heavy atom. The Morgan fingerprint density at radius 2 is 1.50 bits per heavy atom. The zero-order valence-corrected chi connectivity index (χ0v) is 10.3. The summed E-state index contributed by atoms with van der Waals surface area (Å²) in [6, 6.07) is 1.24. The van der Waals surface area contributed by atoms with Crippen LogP contribution >= 0.6 is 11.6 Å². The average molecular weight is 273 g/mol. The first-order chi connectivity index (χ1) is 8.41. The van der Waals surface area contributed by atoms with Crippen LogP contribution in [-0.4, -0.2) is 10.2 Å². The van der Waals surface area contributed by atoms with Crippen molar-refractivity contribution in [3.63, 3.8) is 0 Å². The summed E-state index contributed by atoms with van der Waals surface area (Å²) in [5.41, 5.74) is 1.19. The predicted molar refractivity (Wildman–Crippen MR) is 61.8 cm³/mol. The van der Waals surface area contributed by atoms with E-state index in [1.165, 1.54) is 0 Å². The number of benzene rings is 1. The fourth-order valence-corrected chi connectivity index (χ4v) is 1.72. The normalized spacial score (nSPS) is 10.8. The Morgan fingerprint density at radius 3 is 2.17 bits per heavy atom. The van der Waals surface area contributed by atoms with Crippen molar-refractivity contribution in [1.29, 1.82) is 0 Å². The van der Waals surface area contributed by atoms with E-state index in [2.05, 4.69) is 10.2 Å². The van der Waals surface area contributed by atoms with Crippen molar-refractivity contribution in [1.82, 2.24) is 10.2 Å². The summed E-state index contributed by atoms with van der Waals surface area (Å²) in [7, 11) is 0. The van der Waals surface area contributed by atoms with Crippen molar-refractivity contribution in [2.24, 2.45) is 0 Å². The quantitative estimate of drug-likeness (QED) is 0.737. The largest absolute Gasteiger partial charge is 0.206 e. The molecule has 0 aliphatic heterocycles. The molecule has 0 fully saturated rings. The summed E-state index contributed by atoms with van der Waals surface area (Å²) < 4.78 is 39.6. The third kappa shape index (κ3) is 2.06. The maximum absolute atomic E-state index is 13.6. The number of rotatable bonds is 1. The Kier molecular flexibility index (Phi) is 3.26. The standard InChI is InChI=1S/C12H8ClF3N2/c1-5-6(2)12(13)18-17-11(5)7-3-9(15)10(16)4-8(7)14/h3-4H,1-2H3. The lowest BCUT2D eigenvalue weighted by Crippen LogP contribution is -2.00. The molecule has 0 aliphatic carbocycles. The van der Waals surface area contributed by atoms with Crippen LogP contribution in [0.5, 0.6) is 0 Å². The van der Waals surface area contributed by atoms with Crippen LogP contribution in [-0.2, 0) is 0 Å². The van der Waals surface area contributed by atoms with E-state index < -0.39 is 17.5 Å². The van der Waals surface area contributed by atoms with Gasteiger partial charge in [0, 0.05) is 11.6 Å². The summed E-state index contributed by atoms with van der Waals surface area (Å²) in [5, 5.41) is 7.56. The third-order valence-electron chi connectivity index (χ3n) is 2.73. The van der Waals surface area contributed by atoms with E-state index >= 15 is 0 Å². The van der Waals surface area contributed by atoms with Gasteiger partial charge in [-0.15, -0.1) is 10.2 Å². The molecule has 0 saturated carbocycles. The molecular weight excluding hydrogens is 265 g/mol. The lowest BCUT2D eigenvalue weighted by molar-refractivity contribution is 0.496. The molecule has 94 valence electrons. The van der Waals surface area contributed by atoms with Gasteiger partial charge in [-0.05, 0) is 31.0 Å². The molecule has 0 unspecified atom stereocenters. The van der Waals surface area contributed by atoms with Crippen LogP contribution in [0, 0.1) is 31.3 Å². The third-order valence-corrected chi connectivity index (χ3v) is 3.09. The Bertz CT molecular complexity index is 629. The molecule has 0 atom stereocenters. The van der Waals surface area contributed by atoms with Gasteiger partial charge in [-0.3, -0.25) is 0 Å². The van der Waals surface area contributed by atoms with Crippen LogP contribution in [0.15, 0.2) is 12.1 Å². The second-order valence-corrected chi connectivity index (χ2v) is 4.19. The molecule has 0 aliphatic rings. The maximum Gasteiger partial charge on any atom is 0.161 e. The maximum atomic E-state index is 13.6. The molecule has 1 heterocycles. The molecule has 18 heavy (non-hydrogen) atoms. The lowest BCUT2D eigenvalue weighted by Gasteiger charge is -2.09. The van der Waals surface area contributed by atoms with E-state index in [0.29, 0.717) is 17.2 Å². The molecule has 1 aromatic heterocycles. The minimum atomic E-state index is -1.24. The van der Waals surface area contributed by atoms with Crippen molar-refractivity contribution < 1.29 is 13.2 Å². The van der Waals surface area contributed by atoms with Gasteiger partial charge in [0.25, 0.3) is 0 Å². The average Bonchev–Trinajstić information content (AvgIpc) is 2.32. The lowest BCUT2D eigenvalue weighted by atomic mass is 10.0. The van der Waals surface area contributed by atoms with Gasteiger partial charge in [0.2, 0.25) is 0 Å². The summed E-state index contributed by atoms with van der Waals surface area (Å²) in [5.74, 6) is -3.28. The SMILES string of the molecule is Cc1c(Cl)nnc(-c2cc(F)c(F)cc2F)c1C. The van der Waals surface area contributed by atoms with Gasteiger partial charge in [0.1, 0.15) is 5.82 Å². The monoisotopic (exact) mass is 272 g/mol. The first-order valence-electron chi connectivity index (χ1n) is 5.06. The second kappa shape index (κ2) is 4.57. The van der Waals surface area contributed by atoms with E-state index in [1.807, 2.05) is 0 Å². The van der Waals surface area contributed by atoms with E-state index in [1.54, 1.807) is 13.8 Å². The van der Waals surface area contributed by atoms with Crippen LogP contribution in [0.1, 0.15) is 11.1 Å². The second-order valence-electron chi connectivity index (χ2n) is 3.84. The van der Waals surface area contributed by atoms with Crippen molar-refractivity contribution in [3.8, 4) is 11.3 Å². The number of hydrogen-bond donors (Lipinski definition) is 0. The minimum absolute atomic E-state index is 0.140. The van der Waals surface area contributed by atoms with Gasteiger partial charge >= 0.3 is 0 Å². The van der Waals surface area contributed by atoms with Crippen LogP contribution < -0.4 is 0 Å². The van der Waals surface area contributed by atoms with Crippen molar-refractivity contribution in [2.75, 3.05) is 0 Å². The van der Waals surface area contributed by atoms with Gasteiger partial charge in [-0.25, -0.2) is 13.2 Å². The first kappa shape index (κ1) is 12.8. The van der Waals surface area contributed by atoms with Gasteiger partial charge in [-0.2, -0.15) is 0 Å². The predicted octanol–water partition coefficient (Wildman–Crippen LogP) is 3.83. The van der Waals surface area contributed by atoms with Crippen LogP contribution in [0.2, 0.25) is 5.15 Å². The molecule has 2 nitrogen and oxygen atoms in total. The van der Waals surface area contributed by atoms with E-state index in [0.717, 1.165) is 6.07 Å². The van der Waals surface area contributed by atoms with Crippen LogP contribution in [0.4, 0.5) is 13.2 Å². The smallest absolute Gasteiger partial charge is 0.161 e. The summed E-state index contributed by atoms with van der Waals surface area (Å²) in [6.45, 7) is 3.35. The van der Waals surface area contributed by atoms with Crippen LogP contribution in [0.3, 0.4) is 0 Å². The molecule has 2 rings (SSSR count). The highest BCUT2D eigenvalue weighted by Gasteiger charge is 2.16. The summed E-state index contributed by atoms with van der Waals surface area (Å²) in [6.07, 6.45) is 0. The number of halogens is 4. The fourth-order valence-electron chi connectivity index (χ4n) is 1.54. The van der Waals surface area contributed by atoms with Gasteiger partial charge < -0.3 is 0 Å². The van der Waals surface area contributed by atoms with Crippen LogP contribution in [0.25, 0.3) is 11.3 Å². The van der Waals surface area contributed by atoms with E-state index in [4.69, 9.17) is 11.6 Å². The zero-order chi connectivity index (χ0) is 13.4.